The van der Waals surface area contributed by atoms with Crippen LogP contribution in [-0.2, 0) is 0 Å². The van der Waals surface area contributed by atoms with Crippen LogP contribution in [0.2, 0.25) is 0 Å². The van der Waals surface area contributed by atoms with Gasteiger partial charge in [-0.3, -0.25) is 4.57 Å². The zero-order chi connectivity index (χ0) is 27.6. The number of fused-ring (bicyclic) bond motifs is 7. The Morgan fingerprint density at radius 1 is 0.476 bits per heavy atom. The first kappa shape index (κ1) is 23.4. The molecule has 42 heavy (non-hydrogen) atoms. The number of benzene rings is 6. The molecule has 0 aliphatic rings. The van der Waals surface area contributed by atoms with Crippen molar-refractivity contribution in [1.82, 2.24) is 14.5 Å². The first-order valence-corrected chi connectivity index (χ1v) is 14.9. The third-order valence-electron chi connectivity index (χ3n) is 8.21. The van der Waals surface area contributed by atoms with Gasteiger partial charge in [0.15, 0.2) is 5.82 Å². The monoisotopic (exact) mass is 553 g/mol. The van der Waals surface area contributed by atoms with Gasteiger partial charge in [0.25, 0.3) is 0 Å². The molecule has 0 fully saturated rings. The second kappa shape index (κ2) is 9.10. The van der Waals surface area contributed by atoms with Crippen molar-refractivity contribution < 1.29 is 0 Å². The maximum Gasteiger partial charge on any atom is 0.166 e. The highest BCUT2D eigenvalue weighted by molar-refractivity contribution is 7.25. The molecule has 0 bridgehead atoms. The van der Waals surface area contributed by atoms with Crippen molar-refractivity contribution in [2.75, 3.05) is 0 Å². The number of rotatable bonds is 3. The molecule has 9 rings (SSSR count). The molecule has 0 N–H and O–H groups in total. The van der Waals surface area contributed by atoms with Crippen LogP contribution in [0.5, 0.6) is 0 Å². The van der Waals surface area contributed by atoms with Crippen LogP contribution < -0.4 is 0 Å². The first-order chi connectivity index (χ1) is 20.8. The predicted octanol–water partition coefficient (Wildman–Crippen LogP) is 10.4. The van der Waals surface area contributed by atoms with Crippen molar-refractivity contribution in [3.63, 3.8) is 0 Å². The quantitative estimate of drug-likeness (QED) is 0.218. The average molecular weight is 554 g/mol. The molecule has 4 heteroatoms. The van der Waals surface area contributed by atoms with E-state index in [1.165, 1.54) is 37.4 Å². The van der Waals surface area contributed by atoms with Gasteiger partial charge in [-0.05, 0) is 46.2 Å². The van der Waals surface area contributed by atoms with Gasteiger partial charge in [0.1, 0.15) is 16.0 Å². The zero-order valence-electron chi connectivity index (χ0n) is 22.5. The molecular formula is C38H23N3S. The van der Waals surface area contributed by atoms with Crippen molar-refractivity contribution in [1.29, 1.82) is 0 Å². The summed E-state index contributed by atoms with van der Waals surface area (Å²) in [5.41, 5.74) is 7.50. The van der Waals surface area contributed by atoms with Gasteiger partial charge in [-0.1, -0.05) is 115 Å². The van der Waals surface area contributed by atoms with E-state index in [2.05, 4.69) is 144 Å². The fourth-order valence-corrected chi connectivity index (χ4v) is 7.21. The van der Waals surface area contributed by atoms with Crippen LogP contribution in [0.4, 0.5) is 0 Å². The summed E-state index contributed by atoms with van der Waals surface area (Å²) in [5.74, 6) is 0.850. The van der Waals surface area contributed by atoms with Gasteiger partial charge in [-0.25, -0.2) is 9.97 Å². The fraction of sp³-hybridized carbons (Fsp3) is 0. The Morgan fingerprint density at radius 2 is 1.12 bits per heavy atom. The van der Waals surface area contributed by atoms with Crippen LogP contribution in [0.3, 0.4) is 0 Å². The summed E-state index contributed by atoms with van der Waals surface area (Å²) in [6.45, 7) is 0. The summed E-state index contributed by atoms with van der Waals surface area (Å²) < 4.78 is 3.51. The zero-order valence-corrected chi connectivity index (χ0v) is 23.3. The highest BCUT2D eigenvalue weighted by atomic mass is 32.1. The SMILES string of the molecule is c1ccc(-c2ccc(-c3nc4c(nc3-n3c5ccccc5c5cc6ccccc6cc53)sc3ccccc34)cc2)cc1. The largest absolute Gasteiger partial charge is 0.292 e. The lowest BCUT2D eigenvalue weighted by Crippen LogP contribution is -2.03. The summed E-state index contributed by atoms with van der Waals surface area (Å²) in [6.07, 6.45) is 0. The third-order valence-corrected chi connectivity index (χ3v) is 9.27. The standard InChI is InChI=1S/C38H23N3S/c1-2-10-24(11-3-1)25-18-20-26(21-19-25)35-37(40-38-36(39-35)30-15-7-9-17-34(30)42-38)41-32-16-8-6-14-29(32)31-22-27-12-4-5-13-28(27)23-33(31)41/h1-23H. The minimum Gasteiger partial charge on any atom is -0.292 e. The Labute approximate surface area is 246 Å². The van der Waals surface area contributed by atoms with E-state index in [0.29, 0.717) is 0 Å². The van der Waals surface area contributed by atoms with E-state index in [0.717, 1.165) is 43.8 Å². The Bertz CT molecular complexity index is 2450. The number of hydrogen-bond donors (Lipinski definition) is 0. The molecule has 0 spiro atoms. The Kier molecular flexibility index (Phi) is 5.07. The van der Waals surface area contributed by atoms with Crippen molar-refractivity contribution in [2.45, 2.75) is 0 Å². The molecular weight excluding hydrogens is 531 g/mol. The van der Waals surface area contributed by atoms with E-state index < -0.39 is 0 Å². The highest BCUT2D eigenvalue weighted by Crippen LogP contribution is 2.40. The molecule has 3 aromatic heterocycles. The van der Waals surface area contributed by atoms with E-state index in [4.69, 9.17) is 9.97 Å². The smallest absolute Gasteiger partial charge is 0.166 e. The first-order valence-electron chi connectivity index (χ1n) is 14.1. The molecule has 0 saturated heterocycles. The molecule has 3 nitrogen and oxygen atoms in total. The van der Waals surface area contributed by atoms with Crippen molar-refractivity contribution in [2.24, 2.45) is 0 Å². The Hall–Kier alpha value is -5.32. The number of thiophene rings is 1. The van der Waals surface area contributed by atoms with E-state index in [1.54, 1.807) is 11.3 Å². The summed E-state index contributed by atoms with van der Waals surface area (Å²) in [5, 5.41) is 6.01. The van der Waals surface area contributed by atoms with Gasteiger partial charge in [0.2, 0.25) is 0 Å². The van der Waals surface area contributed by atoms with Crippen LogP contribution in [-0.4, -0.2) is 14.5 Å². The molecule has 0 radical (unpaired) electrons. The Balaban J connectivity index is 1.38. The summed E-state index contributed by atoms with van der Waals surface area (Å²) in [4.78, 5) is 11.8. The summed E-state index contributed by atoms with van der Waals surface area (Å²) in [6, 6.07) is 49.5. The molecule has 0 amide bonds. The van der Waals surface area contributed by atoms with Gasteiger partial charge in [0, 0.05) is 26.4 Å². The molecule has 3 heterocycles. The van der Waals surface area contributed by atoms with Crippen LogP contribution in [0.25, 0.3) is 81.2 Å². The Morgan fingerprint density at radius 3 is 1.95 bits per heavy atom. The van der Waals surface area contributed by atoms with Gasteiger partial charge >= 0.3 is 0 Å². The van der Waals surface area contributed by atoms with Gasteiger partial charge in [-0.2, -0.15) is 0 Å². The number of hydrogen-bond acceptors (Lipinski definition) is 3. The molecule has 6 aromatic carbocycles. The maximum atomic E-state index is 5.41. The molecule has 0 saturated carbocycles. The lowest BCUT2D eigenvalue weighted by atomic mass is 10.0. The number of aromatic nitrogens is 3. The summed E-state index contributed by atoms with van der Waals surface area (Å²) in [7, 11) is 0. The predicted molar refractivity (Wildman–Crippen MR) is 178 cm³/mol. The molecule has 196 valence electrons. The van der Waals surface area contributed by atoms with E-state index in [1.807, 2.05) is 0 Å². The van der Waals surface area contributed by atoms with Crippen molar-refractivity contribution in [3.8, 4) is 28.2 Å². The van der Waals surface area contributed by atoms with E-state index in [-0.39, 0.29) is 0 Å². The van der Waals surface area contributed by atoms with Crippen molar-refractivity contribution in [3.05, 3.63) is 140 Å². The second-order valence-corrected chi connectivity index (χ2v) is 11.7. The van der Waals surface area contributed by atoms with E-state index >= 15 is 0 Å². The van der Waals surface area contributed by atoms with Crippen LogP contribution >= 0.6 is 11.3 Å². The van der Waals surface area contributed by atoms with Gasteiger partial charge in [0.05, 0.1) is 11.0 Å². The average Bonchev–Trinajstić information content (AvgIpc) is 3.58. The fourth-order valence-electron chi connectivity index (χ4n) is 6.20. The highest BCUT2D eigenvalue weighted by Gasteiger charge is 2.21. The number of para-hydroxylation sites is 1. The molecule has 0 atom stereocenters. The molecule has 0 aliphatic carbocycles. The van der Waals surface area contributed by atoms with Gasteiger partial charge in [-0.15, -0.1) is 11.3 Å². The molecule has 9 aromatic rings. The van der Waals surface area contributed by atoms with Crippen LogP contribution in [0.15, 0.2) is 140 Å². The van der Waals surface area contributed by atoms with Gasteiger partial charge < -0.3 is 0 Å². The van der Waals surface area contributed by atoms with Crippen molar-refractivity contribution >= 4 is 64.3 Å². The second-order valence-electron chi connectivity index (χ2n) is 10.7. The van der Waals surface area contributed by atoms with Crippen LogP contribution in [0, 0.1) is 0 Å². The van der Waals surface area contributed by atoms with Crippen LogP contribution in [0.1, 0.15) is 0 Å². The molecule has 0 aliphatic heterocycles. The maximum absolute atomic E-state index is 5.41. The minimum atomic E-state index is 0.850. The normalized spacial score (nSPS) is 11.8. The van der Waals surface area contributed by atoms with E-state index in [9.17, 15) is 0 Å². The minimum absolute atomic E-state index is 0.850. The number of nitrogens with zero attached hydrogens (tertiary/aromatic N) is 3. The topological polar surface area (TPSA) is 30.7 Å². The lowest BCUT2D eigenvalue weighted by Gasteiger charge is -2.13. The lowest BCUT2D eigenvalue weighted by molar-refractivity contribution is 1.09. The summed E-state index contributed by atoms with van der Waals surface area (Å²) >= 11 is 1.70. The third kappa shape index (κ3) is 3.52. The molecule has 0 unspecified atom stereocenters.